The summed E-state index contributed by atoms with van der Waals surface area (Å²) < 4.78 is 5.33. The maximum absolute atomic E-state index is 11.1. The van der Waals surface area contributed by atoms with E-state index in [0.29, 0.717) is 5.92 Å². The van der Waals surface area contributed by atoms with Gasteiger partial charge in [0.05, 0.1) is 4.92 Å². The topological polar surface area (TPSA) is 52.4 Å². The van der Waals surface area contributed by atoms with Crippen LogP contribution < -0.4 is 0 Å². The number of hydrogen-bond acceptors (Lipinski definition) is 3. The Bertz CT molecular complexity index is 425. The standard InChI is InChI=1S/C14H19NO3/c1-2-11-3-5-13(14(9-11)15(16)17)6-4-12-7-8-18-10-12/h3,5,9,12H,2,4,6-8,10H2,1H3. The van der Waals surface area contributed by atoms with Crippen molar-refractivity contribution < 1.29 is 9.66 Å². The van der Waals surface area contributed by atoms with Crippen LogP contribution in [0.3, 0.4) is 0 Å². The summed E-state index contributed by atoms with van der Waals surface area (Å²) in [5.74, 6) is 0.565. The van der Waals surface area contributed by atoms with Crippen molar-refractivity contribution in [3.05, 3.63) is 39.4 Å². The maximum Gasteiger partial charge on any atom is 0.272 e. The van der Waals surface area contributed by atoms with Crippen LogP contribution in [-0.2, 0) is 17.6 Å². The minimum absolute atomic E-state index is 0.264. The van der Waals surface area contributed by atoms with Gasteiger partial charge in [-0.3, -0.25) is 10.1 Å². The van der Waals surface area contributed by atoms with Crippen molar-refractivity contribution >= 4 is 5.69 Å². The third kappa shape index (κ3) is 3.07. The van der Waals surface area contributed by atoms with E-state index in [4.69, 9.17) is 4.74 Å². The molecule has 0 radical (unpaired) electrons. The highest BCUT2D eigenvalue weighted by Gasteiger charge is 2.19. The van der Waals surface area contributed by atoms with Crippen LogP contribution in [0.4, 0.5) is 5.69 Å². The zero-order chi connectivity index (χ0) is 13.0. The number of ether oxygens (including phenoxy) is 1. The van der Waals surface area contributed by atoms with Crippen LogP contribution in [-0.4, -0.2) is 18.1 Å². The number of hydrogen-bond donors (Lipinski definition) is 0. The highest BCUT2D eigenvalue weighted by molar-refractivity contribution is 5.43. The molecule has 1 unspecified atom stereocenters. The number of rotatable bonds is 5. The lowest BCUT2D eigenvalue weighted by molar-refractivity contribution is -0.385. The summed E-state index contributed by atoms with van der Waals surface area (Å²) in [5.41, 5.74) is 2.15. The molecule has 0 spiro atoms. The molecule has 0 aliphatic carbocycles. The van der Waals surface area contributed by atoms with E-state index < -0.39 is 0 Å². The minimum Gasteiger partial charge on any atom is -0.381 e. The fourth-order valence-corrected chi connectivity index (χ4v) is 2.38. The van der Waals surface area contributed by atoms with E-state index in [1.165, 1.54) is 0 Å². The van der Waals surface area contributed by atoms with Gasteiger partial charge in [0.1, 0.15) is 0 Å². The van der Waals surface area contributed by atoms with Crippen LogP contribution >= 0.6 is 0 Å². The highest BCUT2D eigenvalue weighted by Crippen LogP contribution is 2.25. The summed E-state index contributed by atoms with van der Waals surface area (Å²) in [6, 6.07) is 5.61. The molecular weight excluding hydrogens is 230 g/mol. The first-order chi connectivity index (χ1) is 8.70. The average molecular weight is 249 g/mol. The Morgan fingerprint density at radius 3 is 2.94 bits per heavy atom. The molecule has 1 fully saturated rings. The summed E-state index contributed by atoms with van der Waals surface area (Å²) in [7, 11) is 0. The van der Waals surface area contributed by atoms with Crippen LogP contribution in [0.5, 0.6) is 0 Å². The Kier molecular flexibility index (Phi) is 4.31. The van der Waals surface area contributed by atoms with E-state index in [-0.39, 0.29) is 10.6 Å². The first-order valence-electron chi connectivity index (χ1n) is 6.54. The van der Waals surface area contributed by atoms with Gasteiger partial charge >= 0.3 is 0 Å². The number of nitro groups is 1. The molecule has 1 saturated heterocycles. The maximum atomic E-state index is 11.1. The second-order valence-electron chi connectivity index (χ2n) is 4.84. The van der Waals surface area contributed by atoms with Gasteiger partial charge in [-0.25, -0.2) is 0 Å². The highest BCUT2D eigenvalue weighted by atomic mass is 16.6. The van der Waals surface area contributed by atoms with Gasteiger partial charge < -0.3 is 4.74 Å². The van der Waals surface area contributed by atoms with Crippen molar-refractivity contribution in [3.63, 3.8) is 0 Å². The SMILES string of the molecule is CCc1ccc(CCC2CCOC2)c([N+](=O)[O-])c1. The molecule has 4 heteroatoms. The molecule has 1 aromatic rings. The molecule has 0 saturated carbocycles. The Morgan fingerprint density at radius 1 is 1.50 bits per heavy atom. The summed E-state index contributed by atoms with van der Waals surface area (Å²) >= 11 is 0. The monoisotopic (exact) mass is 249 g/mol. The van der Waals surface area contributed by atoms with E-state index in [1.54, 1.807) is 6.07 Å². The van der Waals surface area contributed by atoms with Gasteiger partial charge in [0.2, 0.25) is 0 Å². The van der Waals surface area contributed by atoms with Gasteiger partial charge in [-0.05, 0) is 37.2 Å². The van der Waals surface area contributed by atoms with Crippen molar-refractivity contribution in [2.45, 2.75) is 32.6 Å². The smallest absolute Gasteiger partial charge is 0.272 e. The van der Waals surface area contributed by atoms with E-state index in [9.17, 15) is 10.1 Å². The predicted octanol–water partition coefficient (Wildman–Crippen LogP) is 3.13. The van der Waals surface area contributed by atoms with Gasteiger partial charge in [-0.1, -0.05) is 19.1 Å². The van der Waals surface area contributed by atoms with E-state index in [2.05, 4.69) is 0 Å². The zero-order valence-corrected chi connectivity index (χ0v) is 10.7. The van der Waals surface area contributed by atoms with Crippen molar-refractivity contribution in [1.29, 1.82) is 0 Å². The largest absolute Gasteiger partial charge is 0.381 e. The molecular formula is C14H19NO3. The lowest BCUT2D eigenvalue weighted by Crippen LogP contribution is -2.03. The van der Waals surface area contributed by atoms with Crippen molar-refractivity contribution in [3.8, 4) is 0 Å². The Labute approximate surface area is 107 Å². The lowest BCUT2D eigenvalue weighted by atomic mass is 9.97. The van der Waals surface area contributed by atoms with Crippen LogP contribution in [0.15, 0.2) is 18.2 Å². The number of nitrogens with zero attached hydrogens (tertiary/aromatic N) is 1. The molecule has 0 amide bonds. The van der Waals surface area contributed by atoms with Crippen LogP contribution in [0.1, 0.15) is 30.9 Å². The summed E-state index contributed by atoms with van der Waals surface area (Å²) in [4.78, 5) is 10.8. The first-order valence-corrected chi connectivity index (χ1v) is 6.54. The minimum atomic E-state index is -0.264. The molecule has 1 heterocycles. The van der Waals surface area contributed by atoms with Crippen molar-refractivity contribution in [1.82, 2.24) is 0 Å². The fraction of sp³-hybridized carbons (Fsp3) is 0.571. The van der Waals surface area contributed by atoms with Gasteiger partial charge in [0.25, 0.3) is 5.69 Å². The molecule has 98 valence electrons. The third-order valence-electron chi connectivity index (χ3n) is 3.60. The lowest BCUT2D eigenvalue weighted by Gasteiger charge is -2.08. The molecule has 1 aromatic carbocycles. The van der Waals surface area contributed by atoms with Gasteiger partial charge in [0.15, 0.2) is 0 Å². The number of benzene rings is 1. The fourth-order valence-electron chi connectivity index (χ4n) is 2.38. The Balaban J connectivity index is 2.08. The molecule has 4 nitrogen and oxygen atoms in total. The van der Waals surface area contributed by atoms with Gasteiger partial charge in [-0.15, -0.1) is 0 Å². The number of nitro benzene ring substituents is 1. The summed E-state index contributed by atoms with van der Waals surface area (Å²) in [6.45, 7) is 3.65. The average Bonchev–Trinajstić information content (AvgIpc) is 2.89. The molecule has 18 heavy (non-hydrogen) atoms. The van der Waals surface area contributed by atoms with Crippen molar-refractivity contribution in [2.24, 2.45) is 5.92 Å². The van der Waals surface area contributed by atoms with Crippen LogP contribution in [0.25, 0.3) is 0 Å². The second kappa shape index (κ2) is 5.96. The molecule has 0 N–H and O–H groups in total. The molecule has 0 bridgehead atoms. The van der Waals surface area contributed by atoms with Gasteiger partial charge in [0, 0.05) is 24.8 Å². The van der Waals surface area contributed by atoms with E-state index >= 15 is 0 Å². The normalized spacial score (nSPS) is 19.1. The Hall–Kier alpha value is -1.42. The molecule has 1 aliphatic heterocycles. The van der Waals surface area contributed by atoms with E-state index in [0.717, 1.165) is 50.0 Å². The number of aryl methyl sites for hydroxylation is 2. The molecule has 2 rings (SSSR count). The summed E-state index contributed by atoms with van der Waals surface area (Å²) in [5, 5.41) is 11.1. The van der Waals surface area contributed by atoms with E-state index in [1.807, 2.05) is 19.1 Å². The van der Waals surface area contributed by atoms with Gasteiger partial charge in [-0.2, -0.15) is 0 Å². The quantitative estimate of drug-likeness (QED) is 0.595. The molecule has 1 atom stereocenters. The Morgan fingerprint density at radius 2 is 2.33 bits per heavy atom. The molecule has 0 aromatic heterocycles. The van der Waals surface area contributed by atoms with Crippen LogP contribution in [0, 0.1) is 16.0 Å². The predicted molar refractivity (Wildman–Crippen MR) is 69.7 cm³/mol. The zero-order valence-electron chi connectivity index (χ0n) is 10.7. The first kappa shape index (κ1) is 13.0. The summed E-state index contributed by atoms with van der Waals surface area (Å²) in [6.07, 6.45) is 3.67. The third-order valence-corrected chi connectivity index (χ3v) is 3.60. The second-order valence-corrected chi connectivity index (χ2v) is 4.84. The van der Waals surface area contributed by atoms with Crippen molar-refractivity contribution in [2.75, 3.05) is 13.2 Å². The molecule has 1 aliphatic rings. The van der Waals surface area contributed by atoms with Crippen LogP contribution in [0.2, 0.25) is 0 Å².